The molecule has 0 unspecified atom stereocenters. The zero-order valence-electron chi connectivity index (χ0n) is 24.7. The van der Waals surface area contributed by atoms with E-state index in [2.05, 4.69) is 84.9 Å². The van der Waals surface area contributed by atoms with Crippen LogP contribution in [-0.4, -0.2) is 24.9 Å². The number of aromatic nitrogens is 3. The maximum absolute atomic E-state index is 5.25. The molecule has 8 heteroatoms. The highest BCUT2D eigenvalue weighted by Gasteiger charge is 2.21. The molecule has 0 aliphatic carbocycles. The fourth-order valence-corrected chi connectivity index (χ4v) is 4.95. The van der Waals surface area contributed by atoms with E-state index in [9.17, 15) is 0 Å². The first-order valence-corrected chi connectivity index (χ1v) is 14.5. The van der Waals surface area contributed by atoms with E-state index >= 15 is 0 Å². The molecule has 5 aromatic rings. The third-order valence-electron chi connectivity index (χ3n) is 7.38. The van der Waals surface area contributed by atoms with Gasteiger partial charge in [0.2, 0.25) is 0 Å². The molecule has 2 heterocycles. The number of aryl methyl sites for hydroxylation is 3. The Morgan fingerprint density at radius 3 is 2.29 bits per heavy atom. The number of pyridine rings is 1. The van der Waals surface area contributed by atoms with Crippen LogP contribution in [0.25, 0.3) is 11.0 Å². The lowest BCUT2D eigenvalue weighted by Crippen LogP contribution is -2.32. The summed E-state index contributed by atoms with van der Waals surface area (Å²) in [6, 6.07) is 30.4. The molecule has 0 fully saturated rings. The number of hydrazone groups is 1. The quantitative estimate of drug-likeness (QED) is 0.0516. The minimum absolute atomic E-state index is 0.796. The predicted molar refractivity (Wildman–Crippen MR) is 168 cm³/mol. The van der Waals surface area contributed by atoms with Crippen LogP contribution in [-0.2, 0) is 20.1 Å². The monoisotopic (exact) mass is 561 g/mol. The Morgan fingerprint density at radius 1 is 0.810 bits per heavy atom. The maximum Gasteiger partial charge on any atom is 0.422 e. The molecule has 2 aromatic heterocycles. The summed E-state index contributed by atoms with van der Waals surface area (Å²) in [4.78, 5) is 0. The lowest BCUT2D eigenvalue weighted by Gasteiger charge is -2.11. The lowest BCUT2D eigenvalue weighted by molar-refractivity contribution is -0.697. The van der Waals surface area contributed by atoms with E-state index in [4.69, 9.17) is 4.74 Å². The molecule has 42 heavy (non-hydrogen) atoms. The van der Waals surface area contributed by atoms with Crippen molar-refractivity contribution >= 4 is 34.6 Å². The van der Waals surface area contributed by atoms with Crippen LogP contribution >= 0.6 is 0 Å². The van der Waals surface area contributed by atoms with Gasteiger partial charge in [-0.05, 0) is 61.4 Å². The van der Waals surface area contributed by atoms with Gasteiger partial charge in [0.1, 0.15) is 29.0 Å². The van der Waals surface area contributed by atoms with E-state index in [1.54, 1.807) is 7.11 Å². The molecule has 0 saturated carbocycles. The number of benzene rings is 3. The summed E-state index contributed by atoms with van der Waals surface area (Å²) in [5.74, 6) is 1.65. The van der Waals surface area contributed by atoms with Crippen molar-refractivity contribution in [2.45, 2.75) is 38.8 Å². The summed E-state index contributed by atoms with van der Waals surface area (Å²) in [6.07, 6.45) is 10.7. The molecule has 214 valence electrons. The number of anilines is 1. The minimum atomic E-state index is 0.796. The SMILES string of the molecule is COc1ccc(N=Nc2n(CCCCCC[n+]3ccc(C=NN(C)c4ccccc4)cc3)c3ccccc3[n+]2C)cc1. The van der Waals surface area contributed by atoms with E-state index < -0.39 is 0 Å². The summed E-state index contributed by atoms with van der Waals surface area (Å²) in [5.41, 5.74) is 5.27. The Kier molecular flexibility index (Phi) is 9.67. The number of unbranched alkanes of at least 4 members (excludes halogenated alkanes) is 3. The van der Waals surface area contributed by atoms with Crippen LogP contribution in [0.2, 0.25) is 0 Å². The van der Waals surface area contributed by atoms with Crippen molar-refractivity contribution in [2.75, 3.05) is 19.2 Å². The molecule has 0 atom stereocenters. The van der Waals surface area contributed by atoms with Crippen molar-refractivity contribution in [1.82, 2.24) is 4.57 Å². The van der Waals surface area contributed by atoms with Gasteiger partial charge < -0.3 is 4.74 Å². The fourth-order valence-electron chi connectivity index (χ4n) is 4.95. The molecular formula is C34H39N7O+2. The van der Waals surface area contributed by atoms with Gasteiger partial charge in [-0.15, -0.1) is 0 Å². The molecule has 0 saturated heterocycles. The van der Waals surface area contributed by atoms with Crippen molar-refractivity contribution in [2.24, 2.45) is 22.4 Å². The number of hydrogen-bond acceptors (Lipinski definition) is 5. The van der Waals surface area contributed by atoms with Gasteiger partial charge in [0, 0.05) is 36.3 Å². The lowest BCUT2D eigenvalue weighted by atomic mass is 10.2. The van der Waals surface area contributed by atoms with E-state index in [1.807, 2.05) is 72.9 Å². The normalized spacial score (nSPS) is 11.6. The van der Waals surface area contributed by atoms with Gasteiger partial charge in [0.25, 0.3) is 0 Å². The van der Waals surface area contributed by atoms with Crippen molar-refractivity contribution < 1.29 is 13.9 Å². The summed E-state index contributed by atoms with van der Waals surface area (Å²) in [5, 5.41) is 15.6. The second kappa shape index (κ2) is 14.2. The molecule has 5 rings (SSSR count). The molecule has 0 aliphatic heterocycles. The number of methoxy groups -OCH3 is 1. The highest BCUT2D eigenvalue weighted by molar-refractivity contribution is 5.79. The first-order chi connectivity index (χ1) is 20.6. The second-order valence-electron chi connectivity index (χ2n) is 10.3. The molecule has 0 aliphatic rings. The van der Waals surface area contributed by atoms with Crippen molar-refractivity contribution in [1.29, 1.82) is 0 Å². The summed E-state index contributed by atoms with van der Waals surface area (Å²) in [7, 11) is 5.67. The zero-order chi connectivity index (χ0) is 29.1. The summed E-state index contributed by atoms with van der Waals surface area (Å²) >= 11 is 0. The van der Waals surface area contributed by atoms with Gasteiger partial charge in [-0.1, -0.05) is 41.9 Å². The zero-order valence-corrected chi connectivity index (χ0v) is 24.7. The Hall–Kier alpha value is -4.85. The highest BCUT2D eigenvalue weighted by Crippen LogP contribution is 2.24. The van der Waals surface area contributed by atoms with Gasteiger partial charge in [0.15, 0.2) is 12.4 Å². The average molecular weight is 562 g/mol. The first-order valence-electron chi connectivity index (χ1n) is 14.5. The number of nitrogens with zero attached hydrogens (tertiary/aromatic N) is 7. The van der Waals surface area contributed by atoms with Crippen LogP contribution in [0.3, 0.4) is 0 Å². The van der Waals surface area contributed by atoms with Gasteiger partial charge in [-0.3, -0.25) is 5.01 Å². The Bertz CT molecular complexity index is 1630. The smallest absolute Gasteiger partial charge is 0.422 e. The number of hydrogen-bond donors (Lipinski definition) is 0. The molecule has 0 radical (unpaired) electrons. The van der Waals surface area contributed by atoms with Crippen molar-refractivity contribution in [3.63, 3.8) is 0 Å². The number of imidazole rings is 1. The topological polar surface area (TPSA) is 62.2 Å². The molecule has 0 bridgehead atoms. The van der Waals surface area contributed by atoms with Crippen LogP contribution in [0.15, 0.2) is 119 Å². The number of rotatable bonds is 13. The van der Waals surface area contributed by atoms with Crippen molar-refractivity contribution in [3.05, 3.63) is 109 Å². The van der Waals surface area contributed by atoms with Gasteiger partial charge in [-0.2, -0.15) is 5.10 Å². The van der Waals surface area contributed by atoms with Gasteiger partial charge in [0.05, 0.1) is 32.6 Å². The first kappa shape index (κ1) is 28.7. The van der Waals surface area contributed by atoms with E-state index in [-0.39, 0.29) is 0 Å². The predicted octanol–water partition coefficient (Wildman–Crippen LogP) is 6.91. The number of fused-ring (bicyclic) bond motifs is 1. The highest BCUT2D eigenvalue weighted by atomic mass is 16.5. The number of ether oxygens (including phenoxy) is 1. The van der Waals surface area contributed by atoms with Gasteiger partial charge >= 0.3 is 5.95 Å². The van der Waals surface area contributed by atoms with Crippen LogP contribution in [0.1, 0.15) is 31.2 Å². The molecule has 3 aromatic carbocycles. The van der Waals surface area contributed by atoms with E-state index in [1.165, 1.54) is 11.9 Å². The molecule has 0 N–H and O–H groups in total. The van der Waals surface area contributed by atoms with Crippen LogP contribution in [0.5, 0.6) is 5.75 Å². The van der Waals surface area contributed by atoms with Gasteiger partial charge in [-0.25, -0.2) is 13.7 Å². The summed E-state index contributed by atoms with van der Waals surface area (Å²) in [6.45, 7) is 1.90. The average Bonchev–Trinajstić information content (AvgIpc) is 3.31. The maximum atomic E-state index is 5.25. The van der Waals surface area contributed by atoms with E-state index in [0.29, 0.717) is 0 Å². The fraction of sp³-hybridized carbons (Fsp3) is 0.265. The molecular weight excluding hydrogens is 522 g/mol. The Labute approximate surface area is 247 Å². The van der Waals surface area contributed by atoms with Crippen molar-refractivity contribution in [3.8, 4) is 5.75 Å². The number of para-hydroxylation sites is 3. The molecule has 0 amide bonds. The molecule has 0 spiro atoms. The molecule has 8 nitrogen and oxygen atoms in total. The third-order valence-corrected chi connectivity index (χ3v) is 7.38. The standard InChI is InChI=1S/C34H39N7O/c1-38-32-15-9-10-16-33(32)41(34(38)37-36-29-17-19-31(42-3)20-18-29)24-12-5-4-11-23-40-25-21-28(22-26-40)27-35-39(2)30-13-7-6-8-14-30/h6-10,13-22,25-27H,4-5,11-12,23-24H2,1-3H3/q+2. The number of azo groups is 1. The largest absolute Gasteiger partial charge is 0.497 e. The van der Waals surface area contributed by atoms with E-state index in [0.717, 1.165) is 66.5 Å². The second-order valence-corrected chi connectivity index (χ2v) is 10.3. The van der Waals surface area contributed by atoms with Crippen LogP contribution < -0.4 is 18.9 Å². The van der Waals surface area contributed by atoms with Crippen LogP contribution in [0, 0.1) is 0 Å². The summed E-state index contributed by atoms with van der Waals surface area (Å²) < 4.78 is 11.9. The third kappa shape index (κ3) is 7.26. The Balaban J connectivity index is 1.12. The minimum Gasteiger partial charge on any atom is -0.497 e. The Morgan fingerprint density at radius 2 is 1.52 bits per heavy atom. The van der Waals surface area contributed by atoms with Crippen LogP contribution in [0.4, 0.5) is 17.3 Å².